The van der Waals surface area contributed by atoms with Gasteiger partial charge in [0.05, 0.1) is 5.54 Å². The molecule has 0 aliphatic heterocycles. The highest BCUT2D eigenvalue weighted by Gasteiger charge is 2.58. The molecular formula is C13H16BrN3O2. The second-order valence-corrected chi connectivity index (χ2v) is 6.79. The molecule has 1 aromatic rings. The highest BCUT2D eigenvalue weighted by atomic mass is 79.9. The lowest BCUT2D eigenvalue weighted by atomic mass is 9.48. The molecule has 2 aliphatic rings. The second kappa shape index (κ2) is 4.18. The van der Waals surface area contributed by atoms with Gasteiger partial charge in [-0.3, -0.25) is 9.59 Å². The molecule has 6 heteroatoms. The van der Waals surface area contributed by atoms with Crippen LogP contribution in [-0.2, 0) is 4.79 Å². The third kappa shape index (κ3) is 2.12. The Morgan fingerprint density at radius 3 is 2.68 bits per heavy atom. The Kier molecular flexibility index (Phi) is 2.83. The number of halogens is 1. The lowest BCUT2D eigenvalue weighted by Gasteiger charge is -2.58. The summed E-state index contributed by atoms with van der Waals surface area (Å²) >= 11 is 3.25. The fourth-order valence-electron chi connectivity index (χ4n) is 3.27. The number of nitrogens with one attached hydrogen (secondary N) is 2. The number of aromatic amines is 1. The number of anilines is 1. The van der Waals surface area contributed by atoms with E-state index in [1.807, 2.05) is 0 Å². The van der Waals surface area contributed by atoms with Crippen molar-refractivity contribution in [3.05, 3.63) is 27.1 Å². The van der Waals surface area contributed by atoms with E-state index < -0.39 is 5.54 Å². The Morgan fingerprint density at radius 1 is 1.42 bits per heavy atom. The Hall–Kier alpha value is -1.14. The first-order valence-corrected chi connectivity index (χ1v) is 7.20. The maximum absolute atomic E-state index is 12.2. The van der Waals surface area contributed by atoms with Gasteiger partial charge in [0.2, 0.25) is 5.91 Å². The van der Waals surface area contributed by atoms with Crippen molar-refractivity contribution in [2.45, 2.75) is 37.6 Å². The lowest BCUT2D eigenvalue weighted by molar-refractivity contribution is -0.135. The second-order valence-electron chi connectivity index (χ2n) is 5.88. The van der Waals surface area contributed by atoms with Crippen molar-refractivity contribution in [3.8, 4) is 0 Å². The maximum atomic E-state index is 12.2. The summed E-state index contributed by atoms with van der Waals surface area (Å²) in [6.45, 7) is 0. The van der Waals surface area contributed by atoms with Crippen molar-refractivity contribution in [3.63, 3.8) is 0 Å². The van der Waals surface area contributed by atoms with Crippen LogP contribution >= 0.6 is 15.9 Å². The summed E-state index contributed by atoms with van der Waals surface area (Å²) in [5, 5.41) is 2.64. The molecule has 0 bridgehead atoms. The smallest absolute Gasteiger partial charge is 0.271 e. The summed E-state index contributed by atoms with van der Waals surface area (Å²) in [4.78, 5) is 26.3. The molecule has 1 spiro atoms. The third-order valence-electron chi connectivity index (χ3n) is 4.36. The molecule has 19 heavy (non-hydrogen) atoms. The molecule has 2 aliphatic carbocycles. The molecule has 3 rings (SSSR count). The van der Waals surface area contributed by atoms with E-state index in [-0.39, 0.29) is 17.2 Å². The summed E-state index contributed by atoms with van der Waals surface area (Å²) < 4.78 is 0.706. The molecule has 5 nitrogen and oxygen atoms in total. The van der Waals surface area contributed by atoms with E-state index in [1.54, 1.807) is 6.07 Å². The number of aromatic nitrogens is 1. The molecule has 1 aromatic heterocycles. The topological polar surface area (TPSA) is 88.0 Å². The first-order valence-electron chi connectivity index (χ1n) is 6.41. The van der Waals surface area contributed by atoms with Gasteiger partial charge < -0.3 is 16.0 Å². The average molecular weight is 326 g/mol. The van der Waals surface area contributed by atoms with Crippen molar-refractivity contribution < 1.29 is 4.79 Å². The van der Waals surface area contributed by atoms with E-state index in [2.05, 4.69) is 26.2 Å². The molecule has 1 amide bonds. The van der Waals surface area contributed by atoms with Gasteiger partial charge in [0.1, 0.15) is 5.69 Å². The number of carbonyl (C=O) groups is 1. The molecule has 1 heterocycles. The maximum Gasteiger partial charge on any atom is 0.271 e. The van der Waals surface area contributed by atoms with Crippen molar-refractivity contribution in [1.82, 2.24) is 4.98 Å². The van der Waals surface area contributed by atoms with Crippen LogP contribution in [0, 0.1) is 5.41 Å². The van der Waals surface area contributed by atoms with Crippen LogP contribution in [0.3, 0.4) is 0 Å². The molecule has 0 unspecified atom stereocenters. The van der Waals surface area contributed by atoms with Crippen LogP contribution in [0.25, 0.3) is 0 Å². The van der Waals surface area contributed by atoms with Gasteiger partial charge in [0.25, 0.3) is 5.56 Å². The highest BCUT2D eigenvalue weighted by Crippen LogP contribution is 2.59. The van der Waals surface area contributed by atoms with E-state index in [0.29, 0.717) is 9.89 Å². The Bertz CT molecular complexity index is 584. The first-order chi connectivity index (χ1) is 8.92. The van der Waals surface area contributed by atoms with E-state index in [4.69, 9.17) is 5.73 Å². The minimum atomic E-state index is -0.810. The number of rotatable bonds is 2. The van der Waals surface area contributed by atoms with Gasteiger partial charge in [0.15, 0.2) is 0 Å². The average Bonchev–Trinajstić information content (AvgIpc) is 2.27. The molecule has 0 aromatic carbocycles. The van der Waals surface area contributed by atoms with Crippen LogP contribution in [0.5, 0.6) is 0 Å². The summed E-state index contributed by atoms with van der Waals surface area (Å²) in [5.74, 6) is -0.256. The van der Waals surface area contributed by atoms with Gasteiger partial charge in [-0.25, -0.2) is 0 Å². The molecule has 2 fully saturated rings. The fraction of sp³-hybridized carbons (Fsp3) is 0.538. The Morgan fingerprint density at radius 2 is 2.11 bits per heavy atom. The summed E-state index contributed by atoms with van der Waals surface area (Å²) in [6, 6.07) is 1.58. The number of hydrogen-bond donors (Lipinski definition) is 3. The number of hydrogen-bond acceptors (Lipinski definition) is 3. The monoisotopic (exact) mass is 325 g/mol. The normalized spacial score (nSPS) is 22.4. The summed E-state index contributed by atoms with van der Waals surface area (Å²) in [5.41, 5.74) is 5.55. The zero-order chi connectivity index (χ0) is 13.7. The number of nitrogens with two attached hydrogens (primary N) is 1. The van der Waals surface area contributed by atoms with Crippen LogP contribution in [0.1, 0.15) is 32.1 Å². The van der Waals surface area contributed by atoms with Crippen molar-refractivity contribution in [1.29, 1.82) is 0 Å². The van der Waals surface area contributed by atoms with Crippen LogP contribution in [0.2, 0.25) is 0 Å². The predicted octanol–water partition coefficient (Wildman–Crippen LogP) is 1.74. The van der Waals surface area contributed by atoms with E-state index in [1.165, 1.54) is 25.5 Å². The Balaban J connectivity index is 1.72. The number of pyridine rings is 1. The lowest BCUT2D eigenvalue weighted by Crippen LogP contribution is -2.66. The summed E-state index contributed by atoms with van der Waals surface area (Å²) in [7, 11) is 0. The van der Waals surface area contributed by atoms with Crippen LogP contribution in [0.4, 0.5) is 5.69 Å². The fourth-order valence-corrected chi connectivity index (χ4v) is 3.62. The Labute approximate surface area is 119 Å². The molecule has 0 saturated heterocycles. The highest BCUT2D eigenvalue weighted by molar-refractivity contribution is 9.10. The van der Waals surface area contributed by atoms with Crippen LogP contribution in [-0.4, -0.2) is 16.4 Å². The van der Waals surface area contributed by atoms with Crippen molar-refractivity contribution in [2.75, 3.05) is 5.32 Å². The molecule has 2 saturated carbocycles. The minimum Gasteiger partial charge on any atom is -0.326 e. The van der Waals surface area contributed by atoms with E-state index in [0.717, 1.165) is 12.8 Å². The van der Waals surface area contributed by atoms with Gasteiger partial charge in [-0.15, -0.1) is 0 Å². The number of amides is 1. The summed E-state index contributed by atoms with van der Waals surface area (Å²) in [6.07, 6.45) is 6.59. The van der Waals surface area contributed by atoms with Crippen LogP contribution in [0.15, 0.2) is 21.5 Å². The minimum absolute atomic E-state index is 0.235. The quantitative estimate of drug-likeness (QED) is 0.773. The SMILES string of the molecule is NC1(C(=O)Nc2cc(Br)c[nH]c2=O)CC2(CCC2)C1. The molecule has 0 radical (unpaired) electrons. The molecule has 102 valence electrons. The van der Waals surface area contributed by atoms with E-state index >= 15 is 0 Å². The molecular weight excluding hydrogens is 310 g/mol. The predicted molar refractivity (Wildman–Crippen MR) is 75.8 cm³/mol. The van der Waals surface area contributed by atoms with Gasteiger partial charge in [-0.1, -0.05) is 6.42 Å². The van der Waals surface area contributed by atoms with Gasteiger partial charge in [-0.2, -0.15) is 0 Å². The zero-order valence-electron chi connectivity index (χ0n) is 10.5. The first kappa shape index (κ1) is 12.9. The standard InChI is InChI=1S/C13H16BrN3O2/c14-8-4-9(10(18)16-5-8)17-11(19)13(15)6-12(7-13)2-1-3-12/h4-5H,1-3,6-7,15H2,(H,16,18)(H,17,19). The third-order valence-corrected chi connectivity index (χ3v) is 4.82. The molecule has 0 atom stereocenters. The largest absolute Gasteiger partial charge is 0.326 e. The molecule has 4 N–H and O–H groups in total. The van der Waals surface area contributed by atoms with Crippen molar-refractivity contribution in [2.24, 2.45) is 11.1 Å². The van der Waals surface area contributed by atoms with Gasteiger partial charge >= 0.3 is 0 Å². The van der Waals surface area contributed by atoms with Crippen LogP contribution < -0.4 is 16.6 Å². The van der Waals surface area contributed by atoms with Gasteiger partial charge in [-0.05, 0) is 53.1 Å². The number of carbonyl (C=O) groups excluding carboxylic acids is 1. The van der Waals surface area contributed by atoms with Crippen molar-refractivity contribution >= 4 is 27.5 Å². The zero-order valence-corrected chi connectivity index (χ0v) is 12.0. The van der Waals surface area contributed by atoms with E-state index in [9.17, 15) is 9.59 Å². The number of H-pyrrole nitrogens is 1. The van der Waals surface area contributed by atoms with Gasteiger partial charge in [0, 0.05) is 10.7 Å².